The van der Waals surface area contributed by atoms with E-state index in [2.05, 4.69) is 21.6 Å². The Morgan fingerprint density at radius 1 is 1.32 bits per heavy atom. The minimum absolute atomic E-state index is 0.0602. The first kappa shape index (κ1) is 19.7. The SMILES string of the molecule is CCC[C@@H]1CC2CCC1C2.COC(=O)c1cnc(C)nc1C(F)(F)F. The summed E-state index contributed by atoms with van der Waals surface area (Å²) in [7, 11) is 0.988. The summed E-state index contributed by atoms with van der Waals surface area (Å²) in [5.41, 5.74) is -1.96. The number of nitrogens with zero attached hydrogens (tertiary/aromatic N) is 2. The maximum absolute atomic E-state index is 12.4. The van der Waals surface area contributed by atoms with Crippen LogP contribution in [0.2, 0.25) is 0 Å². The van der Waals surface area contributed by atoms with Crippen molar-refractivity contribution in [1.29, 1.82) is 0 Å². The van der Waals surface area contributed by atoms with Crippen LogP contribution in [0.5, 0.6) is 0 Å². The molecule has 140 valence electrons. The molecule has 0 aliphatic heterocycles. The number of fused-ring (bicyclic) bond motifs is 2. The number of rotatable bonds is 3. The lowest BCUT2D eigenvalue weighted by atomic mass is 9.86. The molecule has 0 spiro atoms. The summed E-state index contributed by atoms with van der Waals surface area (Å²) < 4.78 is 41.5. The topological polar surface area (TPSA) is 52.1 Å². The van der Waals surface area contributed by atoms with E-state index in [0.29, 0.717) is 0 Å². The standard InChI is InChI=1S/C10H18.C8H7F3N2O2/c1-2-3-9-6-8-4-5-10(9)7-8;1-4-12-3-5(7(14)15-2)6(13-4)8(9,10)11/h8-10H,2-7H2,1H3;3H,1-2H3/t8?,9-,10?;/m1./s1. The quantitative estimate of drug-likeness (QED) is 0.728. The summed E-state index contributed by atoms with van der Waals surface area (Å²) in [5, 5.41) is 0. The van der Waals surface area contributed by atoms with Crippen molar-refractivity contribution >= 4 is 5.97 Å². The number of carbonyl (C=O) groups excluding carboxylic acids is 1. The van der Waals surface area contributed by atoms with Crippen LogP contribution in [0.3, 0.4) is 0 Å². The van der Waals surface area contributed by atoms with Gasteiger partial charge in [0.1, 0.15) is 11.4 Å². The maximum Gasteiger partial charge on any atom is 0.434 e. The number of aromatic nitrogens is 2. The molecule has 7 heteroatoms. The van der Waals surface area contributed by atoms with Crippen LogP contribution in [0, 0.1) is 24.7 Å². The second-order valence-corrected chi connectivity index (χ2v) is 6.89. The van der Waals surface area contributed by atoms with Crippen molar-refractivity contribution in [2.75, 3.05) is 7.11 Å². The van der Waals surface area contributed by atoms with E-state index in [1.165, 1.54) is 19.8 Å². The fourth-order valence-electron chi connectivity index (χ4n) is 4.05. The van der Waals surface area contributed by atoms with Gasteiger partial charge in [0, 0.05) is 6.20 Å². The molecule has 3 rings (SSSR count). The number of halogens is 3. The van der Waals surface area contributed by atoms with E-state index in [1.807, 2.05) is 0 Å². The molecule has 0 N–H and O–H groups in total. The van der Waals surface area contributed by atoms with E-state index in [1.54, 1.807) is 25.7 Å². The lowest BCUT2D eigenvalue weighted by Gasteiger charge is -2.20. The van der Waals surface area contributed by atoms with Crippen molar-refractivity contribution in [1.82, 2.24) is 9.97 Å². The third kappa shape index (κ3) is 4.92. The number of hydrogen-bond donors (Lipinski definition) is 0. The van der Waals surface area contributed by atoms with Gasteiger partial charge in [-0.05, 0) is 43.9 Å². The molecule has 2 aliphatic carbocycles. The molecule has 1 aromatic heterocycles. The van der Waals surface area contributed by atoms with Crippen LogP contribution in [0.25, 0.3) is 0 Å². The first-order valence-electron chi connectivity index (χ1n) is 8.75. The fraction of sp³-hybridized carbons (Fsp3) is 0.722. The Kier molecular flexibility index (Phi) is 6.41. The Bertz CT molecular complexity index is 604. The van der Waals surface area contributed by atoms with E-state index in [9.17, 15) is 18.0 Å². The largest absolute Gasteiger partial charge is 0.465 e. The van der Waals surface area contributed by atoms with Crippen molar-refractivity contribution in [3.63, 3.8) is 0 Å². The number of aryl methyl sites for hydroxylation is 1. The molecule has 2 aliphatic rings. The van der Waals surface area contributed by atoms with Crippen LogP contribution in [0.4, 0.5) is 13.2 Å². The maximum atomic E-state index is 12.4. The van der Waals surface area contributed by atoms with E-state index in [0.717, 1.165) is 31.1 Å². The van der Waals surface area contributed by atoms with Crippen LogP contribution in [-0.4, -0.2) is 23.0 Å². The van der Waals surface area contributed by atoms with Crippen molar-refractivity contribution in [3.05, 3.63) is 23.3 Å². The summed E-state index contributed by atoms with van der Waals surface area (Å²) in [6.45, 7) is 3.63. The minimum atomic E-state index is -4.70. The summed E-state index contributed by atoms with van der Waals surface area (Å²) >= 11 is 0. The van der Waals surface area contributed by atoms with E-state index in [4.69, 9.17) is 0 Å². The molecule has 2 saturated carbocycles. The first-order chi connectivity index (χ1) is 11.8. The van der Waals surface area contributed by atoms with Gasteiger partial charge in [-0.2, -0.15) is 13.2 Å². The Morgan fingerprint density at radius 2 is 2.04 bits per heavy atom. The number of hydrogen-bond acceptors (Lipinski definition) is 4. The monoisotopic (exact) mass is 358 g/mol. The minimum Gasteiger partial charge on any atom is -0.465 e. The summed E-state index contributed by atoms with van der Waals surface area (Å²) in [4.78, 5) is 17.7. The zero-order chi connectivity index (χ0) is 18.6. The fourth-order valence-corrected chi connectivity index (χ4v) is 4.05. The van der Waals surface area contributed by atoms with Crippen LogP contribution in [0.1, 0.15) is 67.3 Å². The number of ether oxygens (including phenoxy) is 1. The highest BCUT2D eigenvalue weighted by molar-refractivity contribution is 5.90. The Morgan fingerprint density at radius 3 is 2.52 bits per heavy atom. The predicted octanol–water partition coefficient (Wildman–Crippen LogP) is 4.81. The van der Waals surface area contributed by atoms with Crippen molar-refractivity contribution < 1.29 is 22.7 Å². The molecule has 0 radical (unpaired) electrons. The van der Waals surface area contributed by atoms with Gasteiger partial charge in [0.15, 0.2) is 5.69 Å². The molecule has 3 atom stereocenters. The summed E-state index contributed by atoms with van der Waals surface area (Å²) in [6, 6.07) is 0. The van der Waals surface area contributed by atoms with E-state index >= 15 is 0 Å². The van der Waals surface area contributed by atoms with Crippen molar-refractivity contribution in [2.45, 2.75) is 58.5 Å². The Balaban J connectivity index is 0.000000194. The van der Waals surface area contributed by atoms with Gasteiger partial charge >= 0.3 is 12.1 Å². The molecule has 1 aromatic rings. The molecule has 0 aromatic carbocycles. The second-order valence-electron chi connectivity index (χ2n) is 6.89. The van der Waals surface area contributed by atoms with Gasteiger partial charge in [-0.25, -0.2) is 14.8 Å². The van der Waals surface area contributed by atoms with Gasteiger partial charge in [0.25, 0.3) is 0 Å². The van der Waals surface area contributed by atoms with Crippen LogP contribution < -0.4 is 0 Å². The lowest BCUT2D eigenvalue weighted by Crippen LogP contribution is -2.17. The second kappa shape index (κ2) is 8.15. The average Bonchev–Trinajstić information content (AvgIpc) is 3.17. The smallest absolute Gasteiger partial charge is 0.434 e. The van der Waals surface area contributed by atoms with Gasteiger partial charge in [-0.15, -0.1) is 0 Å². The highest BCUT2D eigenvalue weighted by atomic mass is 19.4. The molecular weight excluding hydrogens is 333 g/mol. The highest BCUT2D eigenvalue weighted by Gasteiger charge is 2.39. The average molecular weight is 358 g/mol. The zero-order valence-electron chi connectivity index (χ0n) is 14.9. The van der Waals surface area contributed by atoms with Gasteiger partial charge in [0.2, 0.25) is 0 Å². The Hall–Kier alpha value is -1.66. The molecule has 1 heterocycles. The van der Waals surface area contributed by atoms with Crippen LogP contribution in [0.15, 0.2) is 6.20 Å². The molecular formula is C18H25F3N2O2. The van der Waals surface area contributed by atoms with Crippen molar-refractivity contribution in [2.24, 2.45) is 17.8 Å². The normalized spacial score (nSPS) is 24.6. The molecule has 4 nitrogen and oxygen atoms in total. The number of carbonyl (C=O) groups is 1. The van der Waals surface area contributed by atoms with Crippen molar-refractivity contribution in [3.8, 4) is 0 Å². The molecule has 2 fully saturated rings. The zero-order valence-corrected chi connectivity index (χ0v) is 14.9. The van der Waals surface area contributed by atoms with E-state index in [-0.39, 0.29) is 5.82 Å². The van der Waals surface area contributed by atoms with Crippen LogP contribution in [-0.2, 0) is 10.9 Å². The van der Waals surface area contributed by atoms with E-state index < -0.39 is 23.4 Å². The molecule has 0 amide bonds. The lowest BCUT2D eigenvalue weighted by molar-refractivity contribution is -0.141. The van der Waals surface area contributed by atoms with Gasteiger partial charge in [-0.1, -0.05) is 26.2 Å². The molecule has 0 saturated heterocycles. The van der Waals surface area contributed by atoms with Gasteiger partial charge < -0.3 is 4.74 Å². The van der Waals surface area contributed by atoms with Gasteiger partial charge in [-0.3, -0.25) is 0 Å². The molecule has 2 bridgehead atoms. The molecule has 2 unspecified atom stereocenters. The first-order valence-corrected chi connectivity index (χ1v) is 8.75. The predicted molar refractivity (Wildman–Crippen MR) is 87.0 cm³/mol. The van der Waals surface area contributed by atoms with Crippen LogP contribution >= 0.6 is 0 Å². The third-order valence-corrected chi connectivity index (χ3v) is 5.13. The number of methoxy groups -OCH3 is 1. The number of alkyl halides is 3. The number of esters is 1. The highest BCUT2D eigenvalue weighted by Crippen LogP contribution is 2.49. The summed E-state index contributed by atoms with van der Waals surface area (Å²) in [5.74, 6) is 2.28. The van der Waals surface area contributed by atoms with Gasteiger partial charge in [0.05, 0.1) is 7.11 Å². The molecule has 25 heavy (non-hydrogen) atoms. The third-order valence-electron chi connectivity index (χ3n) is 5.13. The summed E-state index contributed by atoms with van der Waals surface area (Å²) in [6.07, 6.45) is 5.33. The Labute approximate surface area is 146 Å².